The van der Waals surface area contributed by atoms with Gasteiger partial charge in [-0.25, -0.2) is 0 Å². The molecule has 0 aromatic heterocycles. The predicted molar refractivity (Wildman–Crippen MR) is 76.1 cm³/mol. The number of halogens is 1. The molecule has 2 aromatic rings. The van der Waals surface area contributed by atoms with E-state index in [4.69, 9.17) is 11.6 Å². The van der Waals surface area contributed by atoms with Gasteiger partial charge in [-0.3, -0.25) is 0 Å². The van der Waals surface area contributed by atoms with Gasteiger partial charge in [-0.2, -0.15) is 0 Å². The van der Waals surface area contributed by atoms with Gasteiger partial charge in [0.05, 0.1) is 5.69 Å². The Morgan fingerprint density at radius 1 is 1.11 bits per heavy atom. The smallest absolute Gasteiger partial charge is 0.131 e. The summed E-state index contributed by atoms with van der Waals surface area (Å²) in [5, 5.41) is 6.78. The summed E-state index contributed by atoms with van der Waals surface area (Å²) in [7, 11) is 0. The van der Waals surface area contributed by atoms with E-state index in [9.17, 15) is 4.91 Å². The predicted octanol–water partition coefficient (Wildman–Crippen LogP) is 5.10. The normalized spacial score (nSPS) is 10.2. The Kier molecular flexibility index (Phi) is 3.63. The quantitative estimate of drug-likeness (QED) is 0.780. The summed E-state index contributed by atoms with van der Waals surface area (Å²) in [6.07, 6.45) is 0. The standard InChI is InChI=1S/C14H13ClN2O/c1-9-4-3-5-10(2)14(9)16-13-8-11(15)6-7-12(13)17-18/h3-8,16H,1-2H3. The second-order valence-electron chi connectivity index (χ2n) is 4.14. The third kappa shape index (κ3) is 2.51. The molecule has 0 amide bonds. The number of benzene rings is 2. The minimum atomic E-state index is 0.349. The molecule has 0 aliphatic heterocycles. The van der Waals surface area contributed by atoms with Crippen molar-refractivity contribution in [1.29, 1.82) is 0 Å². The molecule has 18 heavy (non-hydrogen) atoms. The van der Waals surface area contributed by atoms with Gasteiger partial charge in [-0.1, -0.05) is 29.8 Å². The van der Waals surface area contributed by atoms with Crippen LogP contribution in [0.4, 0.5) is 17.1 Å². The lowest BCUT2D eigenvalue weighted by Gasteiger charge is -2.13. The minimum Gasteiger partial charge on any atom is -0.353 e. The number of hydrogen-bond acceptors (Lipinski definition) is 3. The third-order valence-corrected chi connectivity index (χ3v) is 3.03. The molecule has 0 aliphatic rings. The number of hydrogen-bond donors (Lipinski definition) is 1. The fourth-order valence-corrected chi connectivity index (χ4v) is 2.01. The number of rotatable bonds is 3. The van der Waals surface area contributed by atoms with Crippen LogP contribution in [-0.2, 0) is 0 Å². The van der Waals surface area contributed by atoms with Crippen molar-refractivity contribution in [3.05, 3.63) is 57.5 Å². The number of nitroso groups, excluding NO2 is 1. The van der Waals surface area contributed by atoms with E-state index >= 15 is 0 Å². The number of aryl methyl sites for hydroxylation is 2. The zero-order chi connectivity index (χ0) is 13.1. The Labute approximate surface area is 111 Å². The highest BCUT2D eigenvalue weighted by molar-refractivity contribution is 6.31. The number of nitrogens with zero attached hydrogens (tertiary/aromatic N) is 1. The van der Waals surface area contributed by atoms with Crippen LogP contribution in [0.1, 0.15) is 11.1 Å². The number of anilines is 2. The SMILES string of the molecule is Cc1cccc(C)c1Nc1cc(Cl)ccc1N=O. The molecule has 0 spiro atoms. The van der Waals surface area contributed by atoms with Gasteiger partial charge in [0.2, 0.25) is 0 Å². The summed E-state index contributed by atoms with van der Waals surface area (Å²) < 4.78 is 0. The maximum atomic E-state index is 10.8. The summed E-state index contributed by atoms with van der Waals surface area (Å²) in [5.74, 6) is 0. The zero-order valence-electron chi connectivity index (χ0n) is 10.2. The first-order chi connectivity index (χ1) is 8.61. The molecule has 0 aliphatic carbocycles. The minimum absolute atomic E-state index is 0.349. The van der Waals surface area contributed by atoms with Gasteiger partial charge in [0.25, 0.3) is 0 Å². The molecular formula is C14H13ClN2O. The fraction of sp³-hybridized carbons (Fsp3) is 0.143. The van der Waals surface area contributed by atoms with Crippen LogP contribution in [0, 0.1) is 18.8 Å². The molecule has 0 saturated carbocycles. The zero-order valence-corrected chi connectivity index (χ0v) is 11.0. The Balaban J connectivity index is 2.45. The van der Waals surface area contributed by atoms with Crippen molar-refractivity contribution in [3.63, 3.8) is 0 Å². The van der Waals surface area contributed by atoms with Gasteiger partial charge in [-0.15, -0.1) is 4.91 Å². The van der Waals surface area contributed by atoms with Crippen LogP contribution >= 0.6 is 11.6 Å². The fourth-order valence-electron chi connectivity index (χ4n) is 1.83. The maximum Gasteiger partial charge on any atom is 0.131 e. The van der Waals surface area contributed by atoms with Crippen molar-refractivity contribution < 1.29 is 0 Å². The molecular weight excluding hydrogens is 248 g/mol. The van der Waals surface area contributed by atoms with Gasteiger partial charge in [0, 0.05) is 10.7 Å². The molecule has 2 rings (SSSR count). The van der Waals surface area contributed by atoms with Gasteiger partial charge in [-0.05, 0) is 48.4 Å². The van der Waals surface area contributed by atoms with Crippen LogP contribution in [0.25, 0.3) is 0 Å². The molecule has 0 unspecified atom stereocenters. The van der Waals surface area contributed by atoms with Crippen LogP contribution in [0.2, 0.25) is 5.02 Å². The van der Waals surface area contributed by atoms with E-state index < -0.39 is 0 Å². The van der Waals surface area contributed by atoms with Gasteiger partial charge < -0.3 is 5.32 Å². The van der Waals surface area contributed by atoms with Crippen molar-refractivity contribution in [2.45, 2.75) is 13.8 Å². The summed E-state index contributed by atoms with van der Waals surface area (Å²) in [4.78, 5) is 10.8. The Morgan fingerprint density at radius 2 is 1.78 bits per heavy atom. The summed E-state index contributed by atoms with van der Waals surface area (Å²) in [5.41, 5.74) is 4.15. The highest BCUT2D eigenvalue weighted by Crippen LogP contribution is 2.32. The molecule has 0 bridgehead atoms. The molecule has 0 atom stereocenters. The maximum absolute atomic E-state index is 10.8. The Bertz CT molecular complexity index is 576. The molecule has 0 fully saturated rings. The molecule has 4 heteroatoms. The van der Waals surface area contributed by atoms with E-state index in [-0.39, 0.29) is 0 Å². The van der Waals surface area contributed by atoms with Crippen molar-refractivity contribution in [3.8, 4) is 0 Å². The molecule has 0 radical (unpaired) electrons. The molecule has 1 N–H and O–H groups in total. The van der Waals surface area contributed by atoms with E-state index in [1.165, 1.54) is 0 Å². The summed E-state index contributed by atoms with van der Waals surface area (Å²) in [6, 6.07) is 11.0. The molecule has 92 valence electrons. The van der Waals surface area contributed by atoms with Crippen LogP contribution in [0.5, 0.6) is 0 Å². The van der Waals surface area contributed by atoms with Gasteiger partial charge in [0.15, 0.2) is 0 Å². The van der Waals surface area contributed by atoms with Crippen LogP contribution in [0.3, 0.4) is 0 Å². The van der Waals surface area contributed by atoms with E-state index in [0.29, 0.717) is 16.4 Å². The highest BCUT2D eigenvalue weighted by atomic mass is 35.5. The lowest BCUT2D eigenvalue weighted by Crippen LogP contribution is -1.96. The largest absolute Gasteiger partial charge is 0.353 e. The molecule has 0 heterocycles. The number of nitrogens with one attached hydrogen (secondary N) is 1. The van der Waals surface area contributed by atoms with Crippen LogP contribution in [-0.4, -0.2) is 0 Å². The first-order valence-corrected chi connectivity index (χ1v) is 5.96. The Hall–Kier alpha value is -1.87. The summed E-state index contributed by atoms with van der Waals surface area (Å²) >= 11 is 5.94. The third-order valence-electron chi connectivity index (χ3n) is 2.80. The monoisotopic (exact) mass is 260 g/mol. The van der Waals surface area contributed by atoms with Gasteiger partial charge in [0.1, 0.15) is 5.69 Å². The highest BCUT2D eigenvalue weighted by Gasteiger charge is 2.07. The lowest BCUT2D eigenvalue weighted by molar-refractivity contribution is 1.35. The molecule has 3 nitrogen and oxygen atoms in total. The topological polar surface area (TPSA) is 41.5 Å². The lowest BCUT2D eigenvalue weighted by atomic mass is 10.1. The van der Waals surface area contributed by atoms with E-state index in [1.807, 2.05) is 32.0 Å². The van der Waals surface area contributed by atoms with Crippen molar-refractivity contribution in [1.82, 2.24) is 0 Å². The van der Waals surface area contributed by atoms with Crippen LogP contribution in [0.15, 0.2) is 41.6 Å². The second kappa shape index (κ2) is 5.19. The first kappa shape index (κ1) is 12.6. The summed E-state index contributed by atoms with van der Waals surface area (Å²) in [6.45, 7) is 4.02. The van der Waals surface area contributed by atoms with Crippen LogP contribution < -0.4 is 5.32 Å². The van der Waals surface area contributed by atoms with E-state index in [1.54, 1.807) is 18.2 Å². The van der Waals surface area contributed by atoms with E-state index in [2.05, 4.69) is 10.5 Å². The van der Waals surface area contributed by atoms with Crippen molar-refractivity contribution >= 4 is 28.7 Å². The average Bonchev–Trinajstić information content (AvgIpc) is 2.34. The van der Waals surface area contributed by atoms with Crippen molar-refractivity contribution in [2.24, 2.45) is 5.18 Å². The van der Waals surface area contributed by atoms with Crippen molar-refractivity contribution in [2.75, 3.05) is 5.32 Å². The first-order valence-electron chi connectivity index (χ1n) is 5.58. The molecule has 0 saturated heterocycles. The van der Waals surface area contributed by atoms with Gasteiger partial charge >= 0.3 is 0 Å². The Morgan fingerprint density at radius 3 is 2.39 bits per heavy atom. The second-order valence-corrected chi connectivity index (χ2v) is 4.58. The molecule has 2 aromatic carbocycles. The van der Waals surface area contributed by atoms with E-state index in [0.717, 1.165) is 16.8 Å². The average molecular weight is 261 g/mol. The number of para-hydroxylation sites is 1.